The molecule has 2 aromatic carbocycles. The third kappa shape index (κ3) is 4.20. The number of rotatable bonds is 7. The van der Waals surface area contributed by atoms with Crippen molar-refractivity contribution in [3.63, 3.8) is 0 Å². The van der Waals surface area contributed by atoms with Gasteiger partial charge in [0.15, 0.2) is 11.5 Å². The molecule has 0 fully saturated rings. The van der Waals surface area contributed by atoms with Gasteiger partial charge in [0, 0.05) is 6.42 Å². The van der Waals surface area contributed by atoms with Gasteiger partial charge in [-0.3, -0.25) is 9.59 Å². The first-order chi connectivity index (χ1) is 15.0. The number of carbonyl (C=O) groups excluding carboxylic acids is 2. The highest BCUT2D eigenvalue weighted by Gasteiger charge is 2.43. The van der Waals surface area contributed by atoms with Gasteiger partial charge in [0.05, 0.1) is 29.4 Å². The number of nitrogens with zero attached hydrogens (tertiary/aromatic N) is 1. The maximum atomic E-state index is 13.2. The van der Waals surface area contributed by atoms with Crippen LogP contribution < -0.4 is 0 Å². The Kier molecular flexibility index (Phi) is 5.82. The molecule has 158 valence electrons. The number of carbonyl (C=O) groups is 2. The number of halogens is 1. The van der Waals surface area contributed by atoms with E-state index >= 15 is 0 Å². The maximum Gasteiger partial charge on any atom is 0.290 e. The lowest BCUT2D eigenvalue weighted by molar-refractivity contribution is -0.130. The molecule has 1 aromatic heterocycles. The SMILES string of the molecule is O=C(CCc1ccccc1)C1=C(O)C(=O)N(Cc2ccco2)C1c1ccc(O)c(Cl)c1. The fraction of sp³-hybridized carbons (Fsp3) is 0.167. The van der Waals surface area contributed by atoms with E-state index in [0.29, 0.717) is 17.7 Å². The van der Waals surface area contributed by atoms with Crippen LogP contribution in [-0.4, -0.2) is 26.8 Å². The molecule has 1 atom stereocenters. The van der Waals surface area contributed by atoms with Crippen LogP contribution in [0.5, 0.6) is 5.75 Å². The Morgan fingerprint density at radius 1 is 1.06 bits per heavy atom. The van der Waals surface area contributed by atoms with Gasteiger partial charge in [-0.25, -0.2) is 0 Å². The van der Waals surface area contributed by atoms with E-state index in [2.05, 4.69) is 0 Å². The summed E-state index contributed by atoms with van der Waals surface area (Å²) in [6, 6.07) is 16.5. The van der Waals surface area contributed by atoms with Gasteiger partial charge in [-0.15, -0.1) is 0 Å². The molecule has 6 nitrogen and oxygen atoms in total. The van der Waals surface area contributed by atoms with Crippen LogP contribution in [0.25, 0.3) is 0 Å². The molecule has 1 aliphatic heterocycles. The molecule has 0 radical (unpaired) electrons. The standard InChI is InChI=1S/C24H20ClNO5/c25-18-13-16(9-11-19(18)27)22-21(20(28)10-8-15-5-2-1-3-6-15)23(29)24(30)26(22)14-17-7-4-12-31-17/h1-7,9,11-13,22,27,29H,8,10,14H2. The number of benzene rings is 2. The van der Waals surface area contributed by atoms with Gasteiger partial charge >= 0.3 is 0 Å². The van der Waals surface area contributed by atoms with Gasteiger partial charge < -0.3 is 19.5 Å². The number of furan rings is 1. The van der Waals surface area contributed by atoms with Crippen molar-refractivity contribution < 1.29 is 24.2 Å². The average molecular weight is 438 g/mol. The van der Waals surface area contributed by atoms with E-state index in [9.17, 15) is 19.8 Å². The molecule has 0 bridgehead atoms. The van der Waals surface area contributed by atoms with Gasteiger partial charge in [-0.2, -0.15) is 0 Å². The van der Waals surface area contributed by atoms with E-state index in [1.807, 2.05) is 30.3 Å². The molecular formula is C24H20ClNO5. The van der Waals surface area contributed by atoms with Crippen molar-refractivity contribution in [1.82, 2.24) is 4.90 Å². The monoisotopic (exact) mass is 437 g/mol. The molecule has 0 saturated heterocycles. The van der Waals surface area contributed by atoms with E-state index in [0.717, 1.165) is 5.56 Å². The number of aliphatic hydroxyl groups is 1. The minimum atomic E-state index is -0.848. The Balaban J connectivity index is 1.68. The molecule has 0 spiro atoms. The number of phenols is 1. The van der Waals surface area contributed by atoms with Crippen LogP contribution in [0.1, 0.15) is 29.3 Å². The number of ketones is 1. The molecule has 2 N–H and O–H groups in total. The van der Waals surface area contributed by atoms with Crippen molar-refractivity contribution in [2.24, 2.45) is 0 Å². The first kappa shape index (κ1) is 20.8. The van der Waals surface area contributed by atoms with Crippen LogP contribution in [0.15, 0.2) is 82.7 Å². The third-order valence-corrected chi connectivity index (χ3v) is 5.58. The second-order valence-electron chi connectivity index (χ2n) is 7.30. The molecule has 0 saturated carbocycles. The first-order valence-electron chi connectivity index (χ1n) is 9.77. The normalized spacial score (nSPS) is 16.2. The Morgan fingerprint density at radius 2 is 1.84 bits per heavy atom. The summed E-state index contributed by atoms with van der Waals surface area (Å²) in [7, 11) is 0. The Morgan fingerprint density at radius 3 is 2.52 bits per heavy atom. The number of amides is 1. The summed E-state index contributed by atoms with van der Waals surface area (Å²) in [4.78, 5) is 27.4. The van der Waals surface area contributed by atoms with Gasteiger partial charge in [-0.1, -0.05) is 48.0 Å². The highest BCUT2D eigenvalue weighted by molar-refractivity contribution is 6.32. The van der Waals surface area contributed by atoms with Crippen molar-refractivity contribution in [2.45, 2.75) is 25.4 Å². The number of phenolic OH excluding ortho intramolecular Hbond substituents is 1. The molecule has 7 heteroatoms. The highest BCUT2D eigenvalue weighted by Crippen LogP contribution is 2.41. The minimum Gasteiger partial charge on any atom is -0.506 e. The topological polar surface area (TPSA) is 91.0 Å². The number of aliphatic hydroxyl groups excluding tert-OH is 1. The van der Waals surface area contributed by atoms with Gasteiger partial charge in [0.25, 0.3) is 5.91 Å². The Bertz CT molecular complexity index is 1140. The smallest absolute Gasteiger partial charge is 0.290 e. The summed E-state index contributed by atoms with van der Waals surface area (Å²) in [5.41, 5.74) is 1.51. The summed E-state index contributed by atoms with van der Waals surface area (Å²) in [5.74, 6) is -1.16. The van der Waals surface area contributed by atoms with Gasteiger partial charge in [-0.05, 0) is 41.8 Å². The number of aryl methyl sites for hydroxylation is 1. The molecule has 3 aromatic rings. The van der Waals surface area contributed by atoms with Gasteiger partial charge in [0.2, 0.25) is 0 Å². The molecule has 2 heterocycles. The lowest BCUT2D eigenvalue weighted by Gasteiger charge is -2.26. The zero-order valence-corrected chi connectivity index (χ0v) is 17.2. The second-order valence-corrected chi connectivity index (χ2v) is 7.70. The largest absolute Gasteiger partial charge is 0.506 e. The van der Waals surface area contributed by atoms with E-state index in [1.165, 1.54) is 23.3 Å². The number of hydrogen-bond acceptors (Lipinski definition) is 5. The van der Waals surface area contributed by atoms with Crippen molar-refractivity contribution in [3.05, 3.63) is 100 Å². The molecular weight excluding hydrogens is 418 g/mol. The van der Waals surface area contributed by atoms with Crippen LogP contribution in [-0.2, 0) is 22.6 Å². The van der Waals surface area contributed by atoms with Crippen molar-refractivity contribution in [1.29, 1.82) is 0 Å². The van der Waals surface area contributed by atoms with E-state index < -0.39 is 17.7 Å². The quantitative estimate of drug-likeness (QED) is 0.557. The van der Waals surface area contributed by atoms with E-state index in [4.69, 9.17) is 16.0 Å². The summed E-state index contributed by atoms with van der Waals surface area (Å²) in [6.45, 7) is 0.0640. The maximum absolute atomic E-state index is 13.2. The van der Waals surface area contributed by atoms with Crippen molar-refractivity contribution in [2.75, 3.05) is 0 Å². The lowest BCUT2D eigenvalue weighted by atomic mass is 9.93. The fourth-order valence-electron chi connectivity index (χ4n) is 3.75. The average Bonchev–Trinajstić information content (AvgIpc) is 3.37. The number of aromatic hydroxyl groups is 1. The fourth-order valence-corrected chi connectivity index (χ4v) is 3.94. The van der Waals surface area contributed by atoms with Crippen LogP contribution in [0, 0.1) is 0 Å². The van der Waals surface area contributed by atoms with Crippen LogP contribution >= 0.6 is 11.6 Å². The zero-order valence-electron chi connectivity index (χ0n) is 16.5. The van der Waals surface area contributed by atoms with Crippen LogP contribution in [0.2, 0.25) is 5.02 Å². The highest BCUT2D eigenvalue weighted by atomic mass is 35.5. The summed E-state index contributed by atoms with van der Waals surface area (Å²) in [5, 5.41) is 20.5. The van der Waals surface area contributed by atoms with E-state index in [-0.39, 0.29) is 35.1 Å². The van der Waals surface area contributed by atoms with E-state index in [1.54, 1.807) is 18.2 Å². The van der Waals surface area contributed by atoms with Crippen molar-refractivity contribution >= 4 is 23.3 Å². The molecule has 4 rings (SSSR count). The molecule has 0 aliphatic carbocycles. The predicted octanol–water partition coefficient (Wildman–Crippen LogP) is 4.74. The third-order valence-electron chi connectivity index (χ3n) is 5.28. The predicted molar refractivity (Wildman–Crippen MR) is 115 cm³/mol. The second kappa shape index (κ2) is 8.70. The molecule has 31 heavy (non-hydrogen) atoms. The molecule has 1 unspecified atom stereocenters. The number of hydrogen-bond donors (Lipinski definition) is 2. The minimum absolute atomic E-state index is 0.0224. The van der Waals surface area contributed by atoms with Crippen LogP contribution in [0.3, 0.4) is 0 Å². The molecule has 1 amide bonds. The summed E-state index contributed by atoms with van der Waals surface area (Å²) in [6.07, 6.45) is 2.10. The van der Waals surface area contributed by atoms with Crippen LogP contribution in [0.4, 0.5) is 0 Å². The molecule has 1 aliphatic rings. The number of Topliss-reactive ketones (excluding diaryl/α,β-unsaturated/α-hetero) is 1. The Labute approximate surface area is 184 Å². The summed E-state index contributed by atoms with van der Waals surface area (Å²) >= 11 is 6.09. The van der Waals surface area contributed by atoms with Gasteiger partial charge in [0.1, 0.15) is 11.5 Å². The Hall–Kier alpha value is -3.51. The summed E-state index contributed by atoms with van der Waals surface area (Å²) < 4.78 is 5.36. The zero-order chi connectivity index (χ0) is 22.0. The lowest BCUT2D eigenvalue weighted by Crippen LogP contribution is -2.30. The van der Waals surface area contributed by atoms with Crippen molar-refractivity contribution in [3.8, 4) is 5.75 Å². The first-order valence-corrected chi connectivity index (χ1v) is 10.2.